The zero-order valence-corrected chi connectivity index (χ0v) is 14.1. The van der Waals surface area contributed by atoms with Gasteiger partial charge in [0.15, 0.2) is 0 Å². The predicted molar refractivity (Wildman–Crippen MR) is 91.6 cm³/mol. The van der Waals surface area contributed by atoms with Gasteiger partial charge in [-0.2, -0.15) is 0 Å². The fourth-order valence-electron chi connectivity index (χ4n) is 4.67. The summed E-state index contributed by atoms with van der Waals surface area (Å²) >= 11 is 0. The van der Waals surface area contributed by atoms with Crippen molar-refractivity contribution in [2.24, 2.45) is 5.41 Å². The van der Waals surface area contributed by atoms with Gasteiger partial charge in [0, 0.05) is 19.3 Å². The Morgan fingerprint density at radius 2 is 1.78 bits per heavy atom. The molecular weight excluding hydrogens is 286 g/mol. The smallest absolute Gasteiger partial charge is 0.0621 e. The number of hydrogen-bond acceptors (Lipinski definition) is 3. The Morgan fingerprint density at radius 3 is 2.52 bits per heavy atom. The van der Waals surface area contributed by atoms with Crippen molar-refractivity contribution < 1.29 is 9.47 Å². The Kier molecular flexibility index (Phi) is 4.70. The average Bonchev–Trinajstić information content (AvgIpc) is 2.99. The molecule has 3 heteroatoms. The third-order valence-corrected chi connectivity index (χ3v) is 6.16. The number of nitrogens with zero attached hydrogens (tertiary/aromatic N) is 1. The molecule has 1 aromatic rings. The van der Waals surface area contributed by atoms with Crippen molar-refractivity contribution in [3.8, 4) is 0 Å². The van der Waals surface area contributed by atoms with E-state index in [9.17, 15) is 0 Å². The van der Waals surface area contributed by atoms with Gasteiger partial charge in [-0.15, -0.1) is 0 Å². The fourth-order valence-corrected chi connectivity index (χ4v) is 4.67. The second-order valence-corrected chi connectivity index (χ2v) is 7.71. The van der Waals surface area contributed by atoms with Gasteiger partial charge in [-0.3, -0.25) is 0 Å². The Morgan fingerprint density at radius 1 is 1.04 bits per heavy atom. The van der Waals surface area contributed by atoms with Gasteiger partial charge in [0.05, 0.1) is 12.7 Å². The molecular formula is C20H29NO2. The highest BCUT2D eigenvalue weighted by Gasteiger charge is 2.43. The molecule has 0 aromatic heterocycles. The SMILES string of the molecule is c1ccc(C[C@H]2CC3(CCN(C4CCOCC4)CC3)CO2)cc1. The Bertz CT molecular complexity index is 490. The molecule has 3 saturated heterocycles. The van der Waals surface area contributed by atoms with Crippen molar-refractivity contribution in [3.63, 3.8) is 0 Å². The molecule has 1 spiro atoms. The highest BCUT2D eigenvalue weighted by atomic mass is 16.5. The van der Waals surface area contributed by atoms with Crippen molar-refractivity contribution in [2.45, 2.75) is 50.7 Å². The summed E-state index contributed by atoms with van der Waals surface area (Å²) in [6.45, 7) is 5.40. The molecule has 0 N–H and O–H groups in total. The van der Waals surface area contributed by atoms with E-state index < -0.39 is 0 Å². The van der Waals surface area contributed by atoms with Gasteiger partial charge in [0.25, 0.3) is 0 Å². The van der Waals surface area contributed by atoms with Crippen LogP contribution in [0.2, 0.25) is 0 Å². The first-order chi connectivity index (χ1) is 11.3. The molecule has 3 nitrogen and oxygen atoms in total. The minimum atomic E-state index is 0.423. The normalized spacial score (nSPS) is 29.1. The van der Waals surface area contributed by atoms with Gasteiger partial charge in [-0.25, -0.2) is 0 Å². The summed E-state index contributed by atoms with van der Waals surface area (Å²) in [5.41, 5.74) is 1.87. The van der Waals surface area contributed by atoms with E-state index in [1.54, 1.807) is 0 Å². The minimum Gasteiger partial charge on any atom is -0.381 e. The van der Waals surface area contributed by atoms with E-state index in [2.05, 4.69) is 35.2 Å². The van der Waals surface area contributed by atoms with Crippen molar-refractivity contribution in [1.29, 1.82) is 0 Å². The maximum atomic E-state index is 6.19. The third kappa shape index (κ3) is 3.62. The van der Waals surface area contributed by atoms with Crippen molar-refractivity contribution in [3.05, 3.63) is 35.9 Å². The highest BCUT2D eigenvalue weighted by Crippen LogP contribution is 2.43. The van der Waals surface area contributed by atoms with E-state index in [1.807, 2.05) is 0 Å². The molecule has 126 valence electrons. The molecule has 0 amide bonds. The second-order valence-electron chi connectivity index (χ2n) is 7.71. The number of benzene rings is 1. The summed E-state index contributed by atoms with van der Waals surface area (Å²) in [4.78, 5) is 2.72. The zero-order chi connectivity index (χ0) is 15.5. The van der Waals surface area contributed by atoms with E-state index in [0.717, 1.165) is 32.3 Å². The largest absolute Gasteiger partial charge is 0.381 e. The molecule has 0 unspecified atom stereocenters. The third-order valence-electron chi connectivity index (χ3n) is 6.16. The minimum absolute atomic E-state index is 0.423. The maximum absolute atomic E-state index is 6.19. The molecule has 3 aliphatic heterocycles. The number of hydrogen-bond donors (Lipinski definition) is 0. The highest BCUT2D eigenvalue weighted by molar-refractivity contribution is 5.16. The first kappa shape index (κ1) is 15.6. The molecule has 3 aliphatic rings. The topological polar surface area (TPSA) is 21.7 Å². The lowest BCUT2D eigenvalue weighted by molar-refractivity contribution is 0.00223. The quantitative estimate of drug-likeness (QED) is 0.854. The van der Waals surface area contributed by atoms with Crippen LogP contribution < -0.4 is 0 Å². The molecule has 1 aromatic carbocycles. The lowest BCUT2D eigenvalue weighted by Crippen LogP contribution is -2.47. The van der Waals surface area contributed by atoms with Crippen LogP contribution in [0.25, 0.3) is 0 Å². The van der Waals surface area contributed by atoms with Crippen molar-refractivity contribution >= 4 is 0 Å². The van der Waals surface area contributed by atoms with Crippen LogP contribution in [0, 0.1) is 5.41 Å². The van der Waals surface area contributed by atoms with E-state index in [0.29, 0.717) is 11.5 Å². The molecule has 3 fully saturated rings. The molecule has 4 rings (SSSR count). The zero-order valence-electron chi connectivity index (χ0n) is 14.1. The van der Waals surface area contributed by atoms with E-state index >= 15 is 0 Å². The second kappa shape index (κ2) is 6.92. The van der Waals surface area contributed by atoms with Gasteiger partial charge >= 0.3 is 0 Å². The van der Waals surface area contributed by atoms with Gasteiger partial charge in [-0.05, 0) is 62.6 Å². The van der Waals surface area contributed by atoms with Crippen LogP contribution in [-0.2, 0) is 15.9 Å². The van der Waals surface area contributed by atoms with Gasteiger partial charge < -0.3 is 14.4 Å². The van der Waals surface area contributed by atoms with Crippen LogP contribution in [0.3, 0.4) is 0 Å². The lowest BCUT2D eigenvalue weighted by Gasteiger charge is -2.43. The molecule has 0 bridgehead atoms. The first-order valence-corrected chi connectivity index (χ1v) is 9.30. The van der Waals surface area contributed by atoms with E-state index in [1.165, 1.54) is 50.8 Å². The number of piperidine rings is 1. The first-order valence-electron chi connectivity index (χ1n) is 9.30. The molecule has 23 heavy (non-hydrogen) atoms. The summed E-state index contributed by atoms with van der Waals surface area (Å²) < 4.78 is 11.7. The van der Waals surface area contributed by atoms with Crippen LogP contribution in [0.15, 0.2) is 30.3 Å². The molecule has 0 radical (unpaired) electrons. The molecule has 1 atom stereocenters. The summed E-state index contributed by atoms with van der Waals surface area (Å²) in [7, 11) is 0. The van der Waals surface area contributed by atoms with Crippen LogP contribution in [0.1, 0.15) is 37.7 Å². The average molecular weight is 315 g/mol. The number of likely N-dealkylation sites (tertiary alicyclic amines) is 1. The van der Waals surface area contributed by atoms with Crippen LogP contribution in [0.5, 0.6) is 0 Å². The standard InChI is InChI=1S/C20H29NO2/c1-2-4-17(5-3-1)14-19-15-20(16-23-19)8-10-21(11-9-20)18-6-12-22-13-7-18/h1-5,18-19H,6-16H2/t19-/m0/s1. The Balaban J connectivity index is 1.29. The summed E-state index contributed by atoms with van der Waals surface area (Å²) in [6, 6.07) is 11.6. The lowest BCUT2D eigenvalue weighted by atomic mass is 9.75. The van der Waals surface area contributed by atoms with Crippen molar-refractivity contribution in [1.82, 2.24) is 4.90 Å². The van der Waals surface area contributed by atoms with Crippen LogP contribution >= 0.6 is 0 Å². The molecule has 0 saturated carbocycles. The number of ether oxygens (including phenoxy) is 2. The Hall–Kier alpha value is -0.900. The Labute approximate surface area is 140 Å². The molecule has 0 aliphatic carbocycles. The van der Waals surface area contributed by atoms with Gasteiger partial charge in [-0.1, -0.05) is 30.3 Å². The fraction of sp³-hybridized carbons (Fsp3) is 0.700. The predicted octanol–water partition coefficient (Wildman–Crippen LogP) is 3.28. The van der Waals surface area contributed by atoms with Crippen molar-refractivity contribution in [2.75, 3.05) is 32.9 Å². The van der Waals surface area contributed by atoms with Crippen LogP contribution in [-0.4, -0.2) is 50.0 Å². The molecule has 3 heterocycles. The number of rotatable bonds is 3. The van der Waals surface area contributed by atoms with Gasteiger partial charge in [0.1, 0.15) is 0 Å². The summed E-state index contributed by atoms with van der Waals surface area (Å²) in [5.74, 6) is 0. The van der Waals surface area contributed by atoms with Crippen LogP contribution in [0.4, 0.5) is 0 Å². The van der Waals surface area contributed by atoms with Gasteiger partial charge in [0.2, 0.25) is 0 Å². The van der Waals surface area contributed by atoms with E-state index in [-0.39, 0.29) is 0 Å². The monoisotopic (exact) mass is 315 g/mol. The maximum Gasteiger partial charge on any atom is 0.0621 e. The summed E-state index contributed by atoms with van der Waals surface area (Å²) in [6.07, 6.45) is 7.83. The van der Waals surface area contributed by atoms with E-state index in [4.69, 9.17) is 9.47 Å². The summed E-state index contributed by atoms with van der Waals surface area (Å²) in [5, 5.41) is 0.